The highest BCUT2D eigenvalue weighted by atomic mass is 79.9. The molecule has 0 amide bonds. The second-order valence-electron chi connectivity index (χ2n) is 4.73. The fourth-order valence-corrected chi connectivity index (χ4v) is 2.21. The van der Waals surface area contributed by atoms with Gasteiger partial charge in [-0.05, 0) is 36.8 Å². The lowest BCUT2D eigenvalue weighted by atomic mass is 10.1. The first-order valence-corrected chi connectivity index (χ1v) is 7.26. The van der Waals surface area contributed by atoms with Crippen LogP contribution in [0.2, 0.25) is 0 Å². The molecule has 23 heavy (non-hydrogen) atoms. The van der Waals surface area contributed by atoms with E-state index in [4.69, 9.17) is 9.15 Å². The summed E-state index contributed by atoms with van der Waals surface area (Å²) >= 11 is 3.39. The second kappa shape index (κ2) is 5.81. The van der Waals surface area contributed by atoms with Gasteiger partial charge in [-0.3, -0.25) is 10.1 Å². The molecule has 7 nitrogen and oxygen atoms in total. The molecule has 0 unspecified atom stereocenters. The first-order valence-electron chi connectivity index (χ1n) is 6.47. The standard InChI is InChI=1S/C15H9BrN2O5/c1-8-6-9(2-4-11(8)16)14-17-12(15(19)23-14)7-10-3-5-13(22-10)18(20)21/h2-7H,1H3. The Bertz CT molecular complexity index is 882. The molecule has 3 rings (SSSR count). The van der Waals surface area contributed by atoms with E-state index in [-0.39, 0.29) is 17.4 Å². The van der Waals surface area contributed by atoms with Gasteiger partial charge in [0.15, 0.2) is 5.70 Å². The number of aryl methyl sites for hydroxylation is 1. The number of hydrogen-bond donors (Lipinski definition) is 0. The van der Waals surface area contributed by atoms with E-state index in [2.05, 4.69) is 20.9 Å². The molecule has 1 aromatic heterocycles. The van der Waals surface area contributed by atoms with E-state index in [0.717, 1.165) is 10.0 Å². The minimum atomic E-state index is -0.658. The number of carbonyl (C=O) groups is 1. The quantitative estimate of drug-likeness (QED) is 0.353. The molecule has 0 fully saturated rings. The van der Waals surface area contributed by atoms with E-state index in [1.54, 1.807) is 6.07 Å². The average molecular weight is 377 g/mol. The summed E-state index contributed by atoms with van der Waals surface area (Å²) in [6.45, 7) is 1.91. The predicted octanol–water partition coefficient (Wildman–Crippen LogP) is 3.60. The number of halogens is 1. The number of furan rings is 1. The van der Waals surface area contributed by atoms with Crippen LogP contribution < -0.4 is 0 Å². The number of nitro groups is 1. The Kier molecular flexibility index (Phi) is 3.83. The summed E-state index contributed by atoms with van der Waals surface area (Å²) < 4.78 is 11.0. The Morgan fingerprint density at radius 1 is 1.30 bits per heavy atom. The molecule has 2 heterocycles. The number of esters is 1. The van der Waals surface area contributed by atoms with Gasteiger partial charge in [0, 0.05) is 16.1 Å². The van der Waals surface area contributed by atoms with Crippen LogP contribution in [0.5, 0.6) is 0 Å². The molecular weight excluding hydrogens is 368 g/mol. The molecule has 116 valence electrons. The van der Waals surface area contributed by atoms with Crippen molar-refractivity contribution in [3.63, 3.8) is 0 Å². The molecule has 0 spiro atoms. The Hall–Kier alpha value is -2.74. The van der Waals surface area contributed by atoms with Gasteiger partial charge in [-0.15, -0.1) is 0 Å². The normalized spacial score (nSPS) is 15.7. The molecule has 0 bridgehead atoms. The van der Waals surface area contributed by atoms with Gasteiger partial charge in [-0.2, -0.15) is 0 Å². The fraction of sp³-hybridized carbons (Fsp3) is 0.0667. The first kappa shape index (κ1) is 15.2. The van der Waals surface area contributed by atoms with Gasteiger partial charge in [0.1, 0.15) is 10.7 Å². The third-order valence-corrected chi connectivity index (χ3v) is 3.99. The Morgan fingerprint density at radius 3 is 2.74 bits per heavy atom. The van der Waals surface area contributed by atoms with E-state index in [0.29, 0.717) is 5.56 Å². The summed E-state index contributed by atoms with van der Waals surface area (Å²) in [6, 6.07) is 8.02. The predicted molar refractivity (Wildman–Crippen MR) is 84.8 cm³/mol. The lowest BCUT2D eigenvalue weighted by molar-refractivity contribution is -0.402. The number of benzene rings is 1. The van der Waals surface area contributed by atoms with Crippen LogP contribution in [-0.4, -0.2) is 16.8 Å². The molecule has 1 aromatic carbocycles. The first-order chi connectivity index (χ1) is 10.9. The number of hydrogen-bond acceptors (Lipinski definition) is 6. The maximum absolute atomic E-state index is 11.9. The summed E-state index contributed by atoms with van der Waals surface area (Å²) in [5.74, 6) is -0.714. The molecule has 0 aliphatic carbocycles. The van der Waals surface area contributed by atoms with Crippen molar-refractivity contribution in [2.75, 3.05) is 0 Å². The highest BCUT2D eigenvalue weighted by molar-refractivity contribution is 9.10. The zero-order valence-corrected chi connectivity index (χ0v) is 13.4. The third kappa shape index (κ3) is 3.07. The van der Waals surface area contributed by atoms with Crippen LogP contribution in [0.1, 0.15) is 16.9 Å². The van der Waals surface area contributed by atoms with E-state index >= 15 is 0 Å². The van der Waals surface area contributed by atoms with Gasteiger partial charge in [0.25, 0.3) is 0 Å². The summed E-state index contributed by atoms with van der Waals surface area (Å²) in [5.41, 5.74) is 1.65. The highest BCUT2D eigenvalue weighted by Crippen LogP contribution is 2.24. The lowest BCUT2D eigenvalue weighted by Crippen LogP contribution is -2.05. The number of nitrogens with zero attached hydrogens (tertiary/aromatic N) is 2. The van der Waals surface area contributed by atoms with Crippen molar-refractivity contribution in [3.8, 4) is 0 Å². The van der Waals surface area contributed by atoms with Crippen molar-refractivity contribution >= 4 is 39.8 Å². The molecule has 1 aliphatic rings. The largest absolute Gasteiger partial charge is 0.433 e. The van der Waals surface area contributed by atoms with Crippen molar-refractivity contribution in [2.24, 2.45) is 4.99 Å². The maximum Gasteiger partial charge on any atom is 0.433 e. The van der Waals surface area contributed by atoms with Crippen LogP contribution in [0.25, 0.3) is 6.08 Å². The summed E-state index contributed by atoms with van der Waals surface area (Å²) in [6.07, 6.45) is 1.30. The van der Waals surface area contributed by atoms with E-state index in [9.17, 15) is 14.9 Å². The van der Waals surface area contributed by atoms with E-state index in [1.165, 1.54) is 18.2 Å². The number of carbonyl (C=O) groups excluding carboxylic acids is 1. The Labute approximate surface area is 138 Å². The number of aliphatic imine (C=N–C) groups is 1. The molecule has 8 heteroatoms. The second-order valence-corrected chi connectivity index (χ2v) is 5.59. The van der Waals surface area contributed by atoms with Crippen LogP contribution >= 0.6 is 15.9 Å². The van der Waals surface area contributed by atoms with Gasteiger partial charge in [0.05, 0.1) is 6.07 Å². The number of rotatable bonds is 3. The zero-order valence-electron chi connectivity index (χ0n) is 11.8. The van der Waals surface area contributed by atoms with Crippen molar-refractivity contribution < 1.29 is 18.9 Å². The van der Waals surface area contributed by atoms with Gasteiger partial charge in [-0.25, -0.2) is 9.79 Å². The molecule has 0 N–H and O–H groups in total. The summed E-state index contributed by atoms with van der Waals surface area (Å²) in [5, 5.41) is 10.6. The molecule has 0 radical (unpaired) electrons. The molecule has 0 saturated carbocycles. The number of cyclic esters (lactones) is 1. The number of ether oxygens (including phenoxy) is 1. The van der Waals surface area contributed by atoms with Crippen molar-refractivity contribution in [1.29, 1.82) is 0 Å². The zero-order chi connectivity index (χ0) is 16.6. The summed E-state index contributed by atoms with van der Waals surface area (Å²) in [4.78, 5) is 25.9. The molecule has 2 aromatic rings. The highest BCUT2D eigenvalue weighted by Gasteiger charge is 2.25. The average Bonchev–Trinajstić information content (AvgIpc) is 3.10. The van der Waals surface area contributed by atoms with Gasteiger partial charge >= 0.3 is 11.9 Å². The Balaban J connectivity index is 1.92. The van der Waals surface area contributed by atoms with Crippen LogP contribution in [0.4, 0.5) is 5.88 Å². The van der Waals surface area contributed by atoms with Crippen LogP contribution in [0, 0.1) is 17.0 Å². The van der Waals surface area contributed by atoms with E-state index in [1.807, 2.05) is 19.1 Å². The minimum absolute atomic E-state index is 0.0184. The molecule has 0 saturated heterocycles. The minimum Gasteiger partial charge on any atom is -0.402 e. The molecule has 0 atom stereocenters. The molecular formula is C15H9BrN2O5. The van der Waals surface area contributed by atoms with Gasteiger partial charge in [-0.1, -0.05) is 15.9 Å². The third-order valence-electron chi connectivity index (χ3n) is 3.10. The van der Waals surface area contributed by atoms with E-state index < -0.39 is 16.8 Å². The summed E-state index contributed by atoms with van der Waals surface area (Å²) in [7, 11) is 0. The molecule has 1 aliphatic heterocycles. The maximum atomic E-state index is 11.9. The van der Waals surface area contributed by atoms with Crippen molar-refractivity contribution in [1.82, 2.24) is 0 Å². The SMILES string of the molecule is Cc1cc(C2=NC(=Cc3ccc([N+](=O)[O-])o3)C(=O)O2)ccc1Br. The van der Waals surface area contributed by atoms with Crippen LogP contribution in [0.15, 0.2) is 49.9 Å². The smallest absolute Gasteiger partial charge is 0.402 e. The topological polar surface area (TPSA) is 94.9 Å². The Morgan fingerprint density at radius 2 is 2.09 bits per heavy atom. The van der Waals surface area contributed by atoms with Crippen molar-refractivity contribution in [3.05, 3.63) is 67.5 Å². The monoisotopic (exact) mass is 376 g/mol. The van der Waals surface area contributed by atoms with Crippen LogP contribution in [-0.2, 0) is 9.53 Å². The van der Waals surface area contributed by atoms with Crippen LogP contribution in [0.3, 0.4) is 0 Å². The fourth-order valence-electron chi connectivity index (χ4n) is 1.96. The van der Waals surface area contributed by atoms with Crippen molar-refractivity contribution in [2.45, 2.75) is 6.92 Å². The lowest BCUT2D eigenvalue weighted by Gasteiger charge is -2.02. The van der Waals surface area contributed by atoms with Gasteiger partial charge < -0.3 is 9.15 Å². The van der Waals surface area contributed by atoms with Gasteiger partial charge in [0.2, 0.25) is 5.90 Å².